The van der Waals surface area contributed by atoms with Crippen LogP contribution in [0.4, 0.5) is 5.69 Å². The average Bonchev–Trinajstić information content (AvgIpc) is 2.82. The van der Waals surface area contributed by atoms with E-state index >= 15 is 0 Å². The van der Waals surface area contributed by atoms with Crippen LogP contribution in [0.2, 0.25) is 0 Å². The Morgan fingerprint density at radius 1 is 1.22 bits per heavy atom. The first-order valence-electron chi connectivity index (χ1n) is 5.56. The number of benzene rings is 1. The van der Waals surface area contributed by atoms with Crippen LogP contribution in [0, 0.1) is 0 Å². The van der Waals surface area contributed by atoms with Crippen LogP contribution in [0.1, 0.15) is 0 Å². The summed E-state index contributed by atoms with van der Waals surface area (Å²) < 4.78 is 11.0. The van der Waals surface area contributed by atoms with Gasteiger partial charge in [0.05, 0.1) is 7.11 Å². The third-order valence-electron chi connectivity index (χ3n) is 2.76. The smallest absolute Gasteiger partial charge is 0.176 e. The van der Waals surface area contributed by atoms with Gasteiger partial charge in [-0.1, -0.05) is 12.1 Å². The predicted molar refractivity (Wildman–Crippen MR) is 70.4 cm³/mol. The highest BCUT2D eigenvalue weighted by molar-refractivity contribution is 5.87. The maximum absolute atomic E-state index is 5.79. The molecule has 3 aromatic rings. The molecular formula is C14H12N2O2. The molecule has 0 aliphatic heterocycles. The van der Waals surface area contributed by atoms with E-state index in [0.717, 1.165) is 11.0 Å². The Hall–Kier alpha value is -2.49. The van der Waals surface area contributed by atoms with Crippen molar-refractivity contribution in [1.82, 2.24) is 4.98 Å². The SMILES string of the molecule is COc1cccc2cc(-c3cc(N)ccn3)oc12. The van der Waals surface area contributed by atoms with Gasteiger partial charge in [0.2, 0.25) is 0 Å². The molecule has 4 heteroatoms. The first-order valence-corrected chi connectivity index (χ1v) is 5.56. The van der Waals surface area contributed by atoms with Crippen molar-refractivity contribution in [3.63, 3.8) is 0 Å². The van der Waals surface area contributed by atoms with Crippen molar-refractivity contribution in [3.05, 3.63) is 42.6 Å². The van der Waals surface area contributed by atoms with Crippen LogP contribution in [-0.2, 0) is 0 Å². The van der Waals surface area contributed by atoms with E-state index in [4.69, 9.17) is 14.9 Å². The lowest BCUT2D eigenvalue weighted by molar-refractivity contribution is 0.411. The maximum Gasteiger partial charge on any atom is 0.176 e. The minimum atomic E-state index is 0.660. The number of anilines is 1. The highest BCUT2D eigenvalue weighted by atomic mass is 16.5. The number of furan rings is 1. The van der Waals surface area contributed by atoms with Gasteiger partial charge in [-0.2, -0.15) is 0 Å². The Kier molecular flexibility index (Phi) is 2.41. The molecule has 2 N–H and O–H groups in total. The zero-order valence-electron chi connectivity index (χ0n) is 9.88. The summed E-state index contributed by atoms with van der Waals surface area (Å²) in [5.41, 5.74) is 7.84. The van der Waals surface area contributed by atoms with Gasteiger partial charge in [-0.05, 0) is 24.3 Å². The number of para-hydroxylation sites is 1. The van der Waals surface area contributed by atoms with Crippen LogP contribution in [-0.4, -0.2) is 12.1 Å². The Labute approximate surface area is 104 Å². The van der Waals surface area contributed by atoms with E-state index in [2.05, 4.69) is 4.98 Å². The van der Waals surface area contributed by atoms with Gasteiger partial charge in [-0.25, -0.2) is 0 Å². The second-order valence-electron chi connectivity index (χ2n) is 3.96. The lowest BCUT2D eigenvalue weighted by Crippen LogP contribution is -1.87. The normalized spacial score (nSPS) is 10.7. The molecule has 0 saturated heterocycles. The monoisotopic (exact) mass is 240 g/mol. The summed E-state index contributed by atoms with van der Waals surface area (Å²) in [7, 11) is 1.62. The van der Waals surface area contributed by atoms with E-state index in [-0.39, 0.29) is 0 Å². The van der Waals surface area contributed by atoms with Gasteiger partial charge in [0.1, 0.15) is 5.69 Å². The molecule has 0 radical (unpaired) electrons. The van der Waals surface area contributed by atoms with Crippen LogP contribution in [0.25, 0.3) is 22.4 Å². The average molecular weight is 240 g/mol. The Bertz CT molecular complexity index is 704. The summed E-state index contributed by atoms with van der Waals surface area (Å²) in [5, 5.41) is 0.980. The van der Waals surface area contributed by atoms with Gasteiger partial charge in [-0.15, -0.1) is 0 Å². The third-order valence-corrected chi connectivity index (χ3v) is 2.76. The zero-order chi connectivity index (χ0) is 12.5. The highest BCUT2D eigenvalue weighted by Crippen LogP contribution is 2.32. The zero-order valence-corrected chi connectivity index (χ0v) is 9.88. The molecule has 0 aliphatic carbocycles. The van der Waals surface area contributed by atoms with Crippen LogP contribution >= 0.6 is 0 Å². The summed E-state index contributed by atoms with van der Waals surface area (Å²) in [6.07, 6.45) is 1.66. The van der Waals surface area contributed by atoms with Gasteiger partial charge >= 0.3 is 0 Å². The van der Waals surface area contributed by atoms with Crippen LogP contribution in [0.15, 0.2) is 47.0 Å². The molecule has 0 atom stereocenters. The molecule has 0 unspecified atom stereocenters. The van der Waals surface area contributed by atoms with Gasteiger partial charge in [0.15, 0.2) is 17.1 Å². The van der Waals surface area contributed by atoms with E-state index < -0.39 is 0 Å². The van der Waals surface area contributed by atoms with Crippen molar-refractivity contribution < 1.29 is 9.15 Å². The minimum Gasteiger partial charge on any atom is -0.493 e. The largest absolute Gasteiger partial charge is 0.493 e. The number of hydrogen-bond acceptors (Lipinski definition) is 4. The molecule has 0 saturated carbocycles. The quantitative estimate of drug-likeness (QED) is 0.747. The molecule has 2 aromatic heterocycles. The van der Waals surface area contributed by atoms with E-state index in [1.807, 2.05) is 24.3 Å². The molecule has 0 aliphatic rings. The fraction of sp³-hybridized carbons (Fsp3) is 0.0714. The lowest BCUT2D eigenvalue weighted by atomic mass is 10.2. The maximum atomic E-state index is 5.79. The summed E-state index contributed by atoms with van der Waals surface area (Å²) >= 11 is 0. The summed E-state index contributed by atoms with van der Waals surface area (Å²) in [4.78, 5) is 4.25. The van der Waals surface area contributed by atoms with E-state index in [1.165, 1.54) is 0 Å². The Balaban J connectivity index is 2.19. The molecule has 2 heterocycles. The molecule has 4 nitrogen and oxygen atoms in total. The number of aromatic nitrogens is 1. The number of rotatable bonds is 2. The van der Waals surface area contributed by atoms with Crippen LogP contribution < -0.4 is 10.5 Å². The van der Waals surface area contributed by atoms with Crippen molar-refractivity contribution in [1.29, 1.82) is 0 Å². The molecular weight excluding hydrogens is 228 g/mol. The van der Waals surface area contributed by atoms with E-state index in [9.17, 15) is 0 Å². The first-order chi connectivity index (χ1) is 8.78. The van der Waals surface area contributed by atoms with Crippen molar-refractivity contribution >= 4 is 16.7 Å². The molecule has 0 bridgehead atoms. The van der Waals surface area contributed by atoms with Crippen molar-refractivity contribution in [3.8, 4) is 17.2 Å². The fourth-order valence-electron chi connectivity index (χ4n) is 1.90. The third kappa shape index (κ3) is 1.68. The van der Waals surface area contributed by atoms with Gasteiger partial charge in [0.25, 0.3) is 0 Å². The van der Waals surface area contributed by atoms with Crippen molar-refractivity contribution in [2.24, 2.45) is 0 Å². The van der Waals surface area contributed by atoms with E-state index in [1.54, 1.807) is 25.4 Å². The fourth-order valence-corrected chi connectivity index (χ4v) is 1.90. The van der Waals surface area contributed by atoms with E-state index in [0.29, 0.717) is 22.9 Å². The number of ether oxygens (including phenoxy) is 1. The first kappa shape index (κ1) is 10.7. The van der Waals surface area contributed by atoms with Gasteiger partial charge < -0.3 is 14.9 Å². The predicted octanol–water partition coefficient (Wildman–Crippen LogP) is 3.09. The molecule has 18 heavy (non-hydrogen) atoms. The number of nitrogen functional groups attached to an aromatic ring is 1. The van der Waals surface area contributed by atoms with Crippen molar-refractivity contribution in [2.75, 3.05) is 12.8 Å². The van der Waals surface area contributed by atoms with Gasteiger partial charge in [0, 0.05) is 17.3 Å². The number of methoxy groups -OCH3 is 1. The molecule has 0 spiro atoms. The number of hydrogen-bond donors (Lipinski definition) is 1. The Morgan fingerprint density at radius 2 is 2.11 bits per heavy atom. The molecule has 90 valence electrons. The van der Waals surface area contributed by atoms with Crippen molar-refractivity contribution in [2.45, 2.75) is 0 Å². The molecule has 0 amide bonds. The molecule has 1 aromatic carbocycles. The molecule has 0 fully saturated rings. The highest BCUT2D eigenvalue weighted by Gasteiger charge is 2.10. The summed E-state index contributed by atoms with van der Waals surface area (Å²) in [5.74, 6) is 1.39. The molecule has 3 rings (SSSR count). The minimum absolute atomic E-state index is 0.660. The van der Waals surface area contributed by atoms with Crippen LogP contribution in [0.5, 0.6) is 5.75 Å². The lowest BCUT2D eigenvalue weighted by Gasteiger charge is -1.99. The van der Waals surface area contributed by atoms with Gasteiger partial charge in [-0.3, -0.25) is 4.98 Å². The Morgan fingerprint density at radius 3 is 2.89 bits per heavy atom. The second-order valence-corrected chi connectivity index (χ2v) is 3.96. The second kappa shape index (κ2) is 4.07. The summed E-state index contributed by atoms with van der Waals surface area (Å²) in [6, 6.07) is 11.2. The number of pyridine rings is 1. The number of nitrogens with zero attached hydrogens (tertiary/aromatic N) is 1. The number of fused-ring (bicyclic) bond motifs is 1. The van der Waals surface area contributed by atoms with Crippen LogP contribution in [0.3, 0.4) is 0 Å². The standard InChI is InChI=1S/C14H12N2O2/c1-17-12-4-2-3-9-7-13(18-14(9)12)11-8-10(15)5-6-16-11/h2-8H,1H3,(H2,15,16). The topological polar surface area (TPSA) is 61.3 Å². The summed E-state index contributed by atoms with van der Waals surface area (Å²) in [6.45, 7) is 0. The number of nitrogens with two attached hydrogens (primary N) is 1.